The van der Waals surface area contributed by atoms with Crippen molar-refractivity contribution in [3.8, 4) is 5.75 Å². The first-order valence-corrected chi connectivity index (χ1v) is 6.87. The van der Waals surface area contributed by atoms with E-state index in [4.69, 9.17) is 4.74 Å². The third-order valence-electron chi connectivity index (χ3n) is 2.54. The predicted molar refractivity (Wildman–Crippen MR) is 79.3 cm³/mol. The maximum absolute atomic E-state index is 13.1. The highest BCUT2D eigenvalue weighted by Crippen LogP contribution is 2.23. The van der Waals surface area contributed by atoms with Gasteiger partial charge in [-0.25, -0.2) is 4.39 Å². The molecule has 0 atom stereocenters. The van der Waals surface area contributed by atoms with E-state index in [1.807, 2.05) is 30.3 Å². The fourth-order valence-corrected chi connectivity index (χ4v) is 1.93. The average Bonchev–Trinajstić information content (AvgIpc) is 2.44. The second-order valence-corrected chi connectivity index (χ2v) is 4.94. The van der Waals surface area contributed by atoms with Crippen molar-refractivity contribution in [3.63, 3.8) is 0 Å². The molecule has 0 fully saturated rings. The number of hydrogen-bond donors (Lipinski definition) is 1. The first kappa shape index (κ1) is 14.5. The minimum absolute atomic E-state index is 0.192. The molecule has 5 heteroatoms. The maximum Gasteiger partial charge on any atom is 0.227 e. The molecular formula is C15H13BrFNO2. The molecule has 20 heavy (non-hydrogen) atoms. The lowest BCUT2D eigenvalue weighted by molar-refractivity contribution is -0.116. The average molecular weight is 338 g/mol. The molecule has 1 N–H and O–H groups in total. The Bertz CT molecular complexity index is 590. The maximum atomic E-state index is 13.1. The summed E-state index contributed by atoms with van der Waals surface area (Å²) in [6.07, 6.45) is 0.192. The Kier molecular flexibility index (Phi) is 5.12. The summed E-state index contributed by atoms with van der Waals surface area (Å²) >= 11 is 3.25. The summed E-state index contributed by atoms with van der Waals surface area (Å²) in [5.74, 6) is 0.0866. The van der Waals surface area contributed by atoms with Gasteiger partial charge < -0.3 is 10.1 Å². The molecule has 2 aromatic rings. The number of carbonyl (C=O) groups excluding carboxylic acids is 1. The van der Waals surface area contributed by atoms with Gasteiger partial charge in [-0.15, -0.1) is 0 Å². The molecule has 0 heterocycles. The summed E-state index contributed by atoms with van der Waals surface area (Å²) in [5.41, 5.74) is 0.412. The lowest BCUT2D eigenvalue weighted by Crippen LogP contribution is -2.15. The molecule has 0 aliphatic rings. The topological polar surface area (TPSA) is 38.3 Å². The number of amides is 1. The van der Waals surface area contributed by atoms with E-state index in [0.29, 0.717) is 15.9 Å². The molecule has 0 spiro atoms. The summed E-state index contributed by atoms with van der Waals surface area (Å²) in [6.45, 7) is 0.267. The fourth-order valence-electron chi connectivity index (χ4n) is 1.58. The van der Waals surface area contributed by atoms with Crippen molar-refractivity contribution in [2.75, 3.05) is 11.9 Å². The van der Waals surface area contributed by atoms with Crippen LogP contribution in [-0.2, 0) is 4.79 Å². The Morgan fingerprint density at radius 2 is 1.95 bits per heavy atom. The van der Waals surface area contributed by atoms with Gasteiger partial charge in [-0.1, -0.05) is 18.2 Å². The van der Waals surface area contributed by atoms with Gasteiger partial charge in [-0.3, -0.25) is 4.79 Å². The number of hydrogen-bond acceptors (Lipinski definition) is 2. The van der Waals surface area contributed by atoms with Crippen molar-refractivity contribution in [1.29, 1.82) is 0 Å². The minimum atomic E-state index is -0.399. The molecule has 2 rings (SSSR count). The molecule has 0 unspecified atom stereocenters. The van der Waals surface area contributed by atoms with E-state index in [9.17, 15) is 9.18 Å². The third kappa shape index (κ3) is 4.35. The Hall–Kier alpha value is -1.88. The zero-order chi connectivity index (χ0) is 14.4. The van der Waals surface area contributed by atoms with Crippen LogP contribution in [-0.4, -0.2) is 12.5 Å². The number of halogens is 2. The van der Waals surface area contributed by atoms with Crippen molar-refractivity contribution in [3.05, 3.63) is 58.8 Å². The second-order valence-electron chi connectivity index (χ2n) is 4.08. The van der Waals surface area contributed by atoms with E-state index in [0.717, 1.165) is 0 Å². The SMILES string of the molecule is O=C(CCOc1ccccc1)Nc1cc(F)ccc1Br. The van der Waals surface area contributed by atoms with Crippen LogP contribution in [0.1, 0.15) is 6.42 Å². The quantitative estimate of drug-likeness (QED) is 0.895. The van der Waals surface area contributed by atoms with Crippen LogP contribution in [0.25, 0.3) is 0 Å². The van der Waals surface area contributed by atoms with Crippen molar-refractivity contribution in [2.45, 2.75) is 6.42 Å². The van der Waals surface area contributed by atoms with Gasteiger partial charge in [0.2, 0.25) is 5.91 Å². The van der Waals surface area contributed by atoms with Crippen LogP contribution in [0.4, 0.5) is 10.1 Å². The Morgan fingerprint density at radius 3 is 2.70 bits per heavy atom. The van der Waals surface area contributed by atoms with Crippen LogP contribution in [0.3, 0.4) is 0 Å². The molecule has 2 aromatic carbocycles. The van der Waals surface area contributed by atoms with Crippen LogP contribution in [0.5, 0.6) is 5.75 Å². The zero-order valence-corrected chi connectivity index (χ0v) is 12.2. The first-order valence-electron chi connectivity index (χ1n) is 6.08. The highest BCUT2D eigenvalue weighted by Gasteiger charge is 2.07. The lowest BCUT2D eigenvalue weighted by atomic mass is 10.3. The molecule has 3 nitrogen and oxygen atoms in total. The van der Waals surface area contributed by atoms with Gasteiger partial charge in [0.15, 0.2) is 0 Å². The van der Waals surface area contributed by atoms with Crippen LogP contribution in [0, 0.1) is 5.82 Å². The van der Waals surface area contributed by atoms with Gasteiger partial charge in [0, 0.05) is 4.47 Å². The molecule has 0 aliphatic carbocycles. The Morgan fingerprint density at radius 1 is 1.20 bits per heavy atom. The van der Waals surface area contributed by atoms with Gasteiger partial charge >= 0.3 is 0 Å². The molecule has 0 aromatic heterocycles. The van der Waals surface area contributed by atoms with E-state index in [2.05, 4.69) is 21.2 Å². The van der Waals surface area contributed by atoms with Crippen molar-refractivity contribution < 1.29 is 13.9 Å². The van der Waals surface area contributed by atoms with Crippen LogP contribution in [0.2, 0.25) is 0 Å². The van der Waals surface area contributed by atoms with E-state index < -0.39 is 5.82 Å². The summed E-state index contributed by atoms with van der Waals surface area (Å²) in [7, 11) is 0. The second kappa shape index (κ2) is 7.05. The number of carbonyl (C=O) groups is 1. The van der Waals surface area contributed by atoms with E-state index >= 15 is 0 Å². The molecule has 0 saturated carbocycles. The lowest BCUT2D eigenvalue weighted by Gasteiger charge is -2.08. The van der Waals surface area contributed by atoms with Crippen molar-refractivity contribution in [2.24, 2.45) is 0 Å². The number of anilines is 1. The highest BCUT2D eigenvalue weighted by molar-refractivity contribution is 9.10. The molecule has 0 saturated heterocycles. The van der Waals surface area contributed by atoms with Crippen molar-refractivity contribution >= 4 is 27.5 Å². The summed E-state index contributed by atoms with van der Waals surface area (Å²) < 4.78 is 19.1. The van der Waals surface area contributed by atoms with Gasteiger partial charge in [0.1, 0.15) is 11.6 Å². The zero-order valence-electron chi connectivity index (χ0n) is 10.6. The monoisotopic (exact) mass is 337 g/mol. The molecule has 1 amide bonds. The van der Waals surface area contributed by atoms with E-state index in [1.54, 1.807) is 6.07 Å². The number of rotatable bonds is 5. The van der Waals surface area contributed by atoms with Gasteiger partial charge in [0.05, 0.1) is 18.7 Å². The van der Waals surface area contributed by atoms with Gasteiger partial charge in [-0.2, -0.15) is 0 Å². The van der Waals surface area contributed by atoms with E-state index in [-0.39, 0.29) is 18.9 Å². The van der Waals surface area contributed by atoms with Crippen LogP contribution in [0.15, 0.2) is 53.0 Å². The van der Waals surface area contributed by atoms with Gasteiger partial charge in [0.25, 0.3) is 0 Å². The van der Waals surface area contributed by atoms with Crippen LogP contribution < -0.4 is 10.1 Å². The normalized spacial score (nSPS) is 10.1. The Balaban J connectivity index is 1.82. The molecule has 104 valence electrons. The van der Waals surface area contributed by atoms with Gasteiger partial charge in [-0.05, 0) is 46.3 Å². The minimum Gasteiger partial charge on any atom is -0.493 e. The Labute approximate surface area is 124 Å². The molecule has 0 bridgehead atoms. The number of benzene rings is 2. The highest BCUT2D eigenvalue weighted by atomic mass is 79.9. The summed E-state index contributed by atoms with van der Waals surface area (Å²) in [6, 6.07) is 13.4. The summed E-state index contributed by atoms with van der Waals surface area (Å²) in [5, 5.41) is 2.63. The number of ether oxygens (including phenoxy) is 1. The standard InChI is InChI=1S/C15H13BrFNO2/c16-13-7-6-11(17)10-14(13)18-15(19)8-9-20-12-4-2-1-3-5-12/h1-7,10H,8-9H2,(H,18,19). The molecular weight excluding hydrogens is 325 g/mol. The third-order valence-corrected chi connectivity index (χ3v) is 3.24. The van der Waals surface area contributed by atoms with E-state index in [1.165, 1.54) is 12.1 Å². The first-order chi connectivity index (χ1) is 9.65. The molecule has 0 aliphatic heterocycles. The largest absolute Gasteiger partial charge is 0.493 e. The summed E-state index contributed by atoms with van der Waals surface area (Å²) in [4.78, 5) is 11.7. The van der Waals surface area contributed by atoms with Crippen LogP contribution >= 0.6 is 15.9 Å². The van der Waals surface area contributed by atoms with Crippen molar-refractivity contribution in [1.82, 2.24) is 0 Å². The molecule has 0 radical (unpaired) electrons. The fraction of sp³-hybridized carbons (Fsp3) is 0.133. The number of para-hydroxylation sites is 1. The predicted octanol–water partition coefficient (Wildman–Crippen LogP) is 4.00. The number of nitrogens with one attached hydrogen (secondary N) is 1. The smallest absolute Gasteiger partial charge is 0.227 e.